The average Bonchev–Trinajstić information content (AvgIpc) is 2.88. The molecule has 1 aromatic carbocycles. The molecule has 0 amide bonds. The maximum atomic E-state index is 10.9. The molecule has 2 heterocycles. The van der Waals surface area contributed by atoms with E-state index in [1.165, 1.54) is 6.07 Å². The van der Waals surface area contributed by atoms with E-state index in [4.69, 9.17) is 12.2 Å². The van der Waals surface area contributed by atoms with Gasteiger partial charge in [-0.25, -0.2) is 4.68 Å². The molecular weight excluding hydrogens is 316 g/mol. The summed E-state index contributed by atoms with van der Waals surface area (Å²) in [5.41, 5.74) is 1.03. The lowest BCUT2D eigenvalue weighted by Crippen LogP contribution is -2.47. The largest absolute Gasteiger partial charge is 0.369 e. The molecule has 9 heteroatoms. The Kier molecular flexibility index (Phi) is 4.39. The Hall–Kier alpha value is -2.26. The van der Waals surface area contributed by atoms with Gasteiger partial charge in [0.1, 0.15) is 6.33 Å². The number of hydrogen-bond acceptors (Lipinski definition) is 6. The molecule has 0 aliphatic carbocycles. The predicted molar refractivity (Wildman–Crippen MR) is 88.9 cm³/mol. The van der Waals surface area contributed by atoms with Crippen molar-refractivity contribution < 1.29 is 4.92 Å². The van der Waals surface area contributed by atoms with Crippen molar-refractivity contribution in [2.45, 2.75) is 6.67 Å². The van der Waals surface area contributed by atoms with Gasteiger partial charge in [0.05, 0.1) is 11.6 Å². The number of aryl methyl sites for hydroxylation is 1. The van der Waals surface area contributed by atoms with Gasteiger partial charge in [0.25, 0.3) is 5.69 Å². The third-order valence-electron chi connectivity index (χ3n) is 4.00. The highest BCUT2D eigenvalue weighted by Crippen LogP contribution is 2.22. The van der Waals surface area contributed by atoms with Crippen LogP contribution in [-0.2, 0) is 13.7 Å². The van der Waals surface area contributed by atoms with E-state index in [1.54, 1.807) is 23.1 Å². The van der Waals surface area contributed by atoms with Crippen molar-refractivity contribution in [3.05, 3.63) is 45.5 Å². The number of non-ortho nitro benzene ring substituents is 1. The average molecular weight is 334 g/mol. The molecule has 1 aliphatic heterocycles. The Morgan fingerprint density at radius 1 is 1.30 bits per heavy atom. The number of nitro benzene ring substituents is 1. The molecular formula is C14H18N6O2S. The molecule has 0 atom stereocenters. The van der Waals surface area contributed by atoms with E-state index < -0.39 is 0 Å². The second kappa shape index (κ2) is 6.47. The molecule has 23 heavy (non-hydrogen) atoms. The van der Waals surface area contributed by atoms with Gasteiger partial charge in [-0.05, 0) is 18.3 Å². The number of rotatable bonds is 4. The summed E-state index contributed by atoms with van der Waals surface area (Å²) in [5.74, 6) is 0. The van der Waals surface area contributed by atoms with Crippen molar-refractivity contribution in [2.24, 2.45) is 7.05 Å². The van der Waals surface area contributed by atoms with Crippen molar-refractivity contribution >= 4 is 23.6 Å². The van der Waals surface area contributed by atoms with Crippen molar-refractivity contribution in [1.29, 1.82) is 0 Å². The van der Waals surface area contributed by atoms with Crippen LogP contribution in [0, 0.1) is 14.9 Å². The van der Waals surface area contributed by atoms with E-state index in [1.807, 2.05) is 17.7 Å². The van der Waals surface area contributed by atoms with E-state index in [0.29, 0.717) is 11.4 Å². The summed E-state index contributed by atoms with van der Waals surface area (Å²) < 4.78 is 4.32. The smallest absolute Gasteiger partial charge is 0.271 e. The molecule has 0 unspecified atom stereocenters. The number of nitrogens with zero attached hydrogens (tertiary/aromatic N) is 6. The van der Waals surface area contributed by atoms with E-state index in [0.717, 1.165) is 31.9 Å². The number of piperazine rings is 1. The van der Waals surface area contributed by atoms with Crippen molar-refractivity contribution in [3.8, 4) is 0 Å². The number of benzene rings is 1. The maximum Gasteiger partial charge on any atom is 0.271 e. The summed E-state index contributed by atoms with van der Waals surface area (Å²) >= 11 is 5.30. The van der Waals surface area contributed by atoms with Gasteiger partial charge in [0.2, 0.25) is 0 Å². The monoisotopic (exact) mass is 334 g/mol. The normalized spacial score (nSPS) is 15.8. The van der Waals surface area contributed by atoms with Gasteiger partial charge < -0.3 is 9.47 Å². The van der Waals surface area contributed by atoms with E-state index >= 15 is 0 Å². The lowest BCUT2D eigenvalue weighted by molar-refractivity contribution is -0.384. The van der Waals surface area contributed by atoms with Gasteiger partial charge in [-0.15, -0.1) is 0 Å². The zero-order chi connectivity index (χ0) is 16.4. The number of aromatic nitrogens is 3. The second-order valence-corrected chi connectivity index (χ2v) is 5.91. The molecule has 1 saturated heterocycles. The number of nitro groups is 1. The molecule has 1 fully saturated rings. The lowest BCUT2D eigenvalue weighted by Gasteiger charge is -2.35. The van der Waals surface area contributed by atoms with E-state index in [2.05, 4.69) is 14.9 Å². The summed E-state index contributed by atoms with van der Waals surface area (Å²) in [5, 5.41) is 15.1. The minimum atomic E-state index is -0.359. The first-order valence-corrected chi connectivity index (χ1v) is 7.75. The van der Waals surface area contributed by atoms with E-state index in [9.17, 15) is 10.1 Å². The molecule has 1 aromatic heterocycles. The Labute approximate surface area is 138 Å². The summed E-state index contributed by atoms with van der Waals surface area (Å²) in [7, 11) is 1.88. The number of hydrogen-bond donors (Lipinski definition) is 0. The molecule has 1 aliphatic rings. The van der Waals surface area contributed by atoms with Crippen LogP contribution in [0.4, 0.5) is 11.4 Å². The van der Waals surface area contributed by atoms with Crippen molar-refractivity contribution in [2.75, 3.05) is 31.1 Å². The van der Waals surface area contributed by atoms with Crippen LogP contribution in [0.1, 0.15) is 0 Å². The van der Waals surface area contributed by atoms with Gasteiger partial charge in [0, 0.05) is 51.0 Å². The third kappa shape index (κ3) is 3.40. The second-order valence-electron chi connectivity index (χ2n) is 5.55. The van der Waals surface area contributed by atoms with Crippen LogP contribution in [0.5, 0.6) is 0 Å². The lowest BCUT2D eigenvalue weighted by atomic mass is 10.2. The first kappa shape index (κ1) is 15.6. The predicted octanol–water partition coefficient (Wildman–Crippen LogP) is 1.64. The molecule has 3 rings (SSSR count). The fourth-order valence-electron chi connectivity index (χ4n) is 2.66. The van der Waals surface area contributed by atoms with Crippen LogP contribution >= 0.6 is 12.2 Å². The number of anilines is 1. The zero-order valence-electron chi connectivity index (χ0n) is 12.8. The molecule has 0 saturated carbocycles. The van der Waals surface area contributed by atoms with Crippen LogP contribution in [0.2, 0.25) is 0 Å². The Morgan fingerprint density at radius 3 is 2.65 bits per heavy atom. The first-order chi connectivity index (χ1) is 11.0. The molecule has 122 valence electrons. The SMILES string of the molecule is Cn1cnn(CN2CCN(c3cccc([N+](=O)[O-])c3)CC2)c1=S. The molecule has 0 bridgehead atoms. The van der Waals surface area contributed by atoms with Crippen LogP contribution in [0.3, 0.4) is 0 Å². The van der Waals surface area contributed by atoms with Crippen molar-refractivity contribution in [3.63, 3.8) is 0 Å². The van der Waals surface area contributed by atoms with Crippen molar-refractivity contribution in [1.82, 2.24) is 19.2 Å². The highest BCUT2D eigenvalue weighted by Gasteiger charge is 2.19. The fourth-order valence-corrected chi connectivity index (χ4v) is 2.81. The highest BCUT2D eigenvalue weighted by atomic mass is 32.1. The Bertz CT molecular complexity index is 763. The van der Waals surface area contributed by atoms with Gasteiger partial charge >= 0.3 is 0 Å². The zero-order valence-corrected chi connectivity index (χ0v) is 13.6. The minimum Gasteiger partial charge on any atom is -0.369 e. The van der Waals surface area contributed by atoms with Crippen LogP contribution < -0.4 is 4.90 Å². The third-order valence-corrected chi connectivity index (χ3v) is 4.50. The van der Waals surface area contributed by atoms with Gasteiger partial charge in [0.15, 0.2) is 4.77 Å². The Balaban J connectivity index is 1.62. The van der Waals surface area contributed by atoms with Gasteiger partial charge in [-0.1, -0.05) is 6.07 Å². The minimum absolute atomic E-state index is 0.129. The van der Waals surface area contributed by atoms with Crippen LogP contribution in [0.25, 0.3) is 0 Å². The first-order valence-electron chi connectivity index (χ1n) is 7.35. The topological polar surface area (TPSA) is 72.4 Å². The molecule has 0 spiro atoms. The molecule has 0 radical (unpaired) electrons. The molecule has 8 nitrogen and oxygen atoms in total. The quantitative estimate of drug-likeness (QED) is 0.481. The van der Waals surface area contributed by atoms with Gasteiger partial charge in [-0.3, -0.25) is 15.0 Å². The Morgan fingerprint density at radius 2 is 2.04 bits per heavy atom. The van der Waals surface area contributed by atoms with Crippen LogP contribution in [-0.4, -0.2) is 50.3 Å². The van der Waals surface area contributed by atoms with Crippen LogP contribution in [0.15, 0.2) is 30.6 Å². The summed E-state index contributed by atoms with van der Waals surface area (Å²) in [6, 6.07) is 6.79. The molecule has 2 aromatic rings. The summed E-state index contributed by atoms with van der Waals surface area (Å²) in [6.45, 7) is 4.03. The molecule has 0 N–H and O–H groups in total. The van der Waals surface area contributed by atoms with E-state index in [-0.39, 0.29) is 10.6 Å². The fraction of sp³-hybridized carbons (Fsp3) is 0.429. The van der Waals surface area contributed by atoms with Gasteiger partial charge in [-0.2, -0.15) is 5.10 Å². The highest BCUT2D eigenvalue weighted by molar-refractivity contribution is 7.71. The summed E-state index contributed by atoms with van der Waals surface area (Å²) in [4.78, 5) is 15.0. The summed E-state index contributed by atoms with van der Waals surface area (Å²) in [6.07, 6.45) is 1.71. The standard InChI is InChI=1S/C14H18N6O2S/c1-16-10-15-19(14(16)23)11-17-5-7-18(8-6-17)12-3-2-4-13(9-12)20(21)22/h2-4,9-10H,5-8,11H2,1H3. The maximum absolute atomic E-state index is 10.9.